The van der Waals surface area contributed by atoms with Crippen LogP contribution < -0.4 is 15.5 Å². The Balaban J connectivity index is 1.33. The van der Waals surface area contributed by atoms with Gasteiger partial charge in [0.25, 0.3) is 11.7 Å². The smallest absolute Gasteiger partial charge is 0.317 e. The van der Waals surface area contributed by atoms with Crippen molar-refractivity contribution in [2.75, 3.05) is 32.1 Å². The minimum Gasteiger partial charge on any atom is -0.352 e. The summed E-state index contributed by atoms with van der Waals surface area (Å²) in [4.78, 5) is 36.7. The molecule has 5 rings (SSSR count). The summed E-state index contributed by atoms with van der Waals surface area (Å²) in [5, 5.41) is 17.6. The second-order valence-corrected chi connectivity index (χ2v) is 11.1. The fraction of sp³-hybridized carbons (Fsp3) is 0.407. The SMILES string of the molecule is CN(C)C(=O)N[C@@H]1CCN(c2n[nH]c3nccc(-c4ccc(CNC(=O)c5noc(C(C)(C)C)n5)c(F)c4)c23)C1. The predicted octanol–water partition coefficient (Wildman–Crippen LogP) is 3.22. The highest BCUT2D eigenvalue weighted by Crippen LogP contribution is 2.35. The summed E-state index contributed by atoms with van der Waals surface area (Å²) in [6.45, 7) is 6.96. The Bertz CT molecular complexity index is 1560. The van der Waals surface area contributed by atoms with Crippen LogP contribution in [0.15, 0.2) is 35.0 Å². The fourth-order valence-corrected chi connectivity index (χ4v) is 4.51. The topological polar surface area (TPSA) is 145 Å². The molecule has 12 nitrogen and oxygen atoms in total. The van der Waals surface area contributed by atoms with Crippen LogP contribution in [-0.4, -0.2) is 75.4 Å². The molecule has 3 aromatic heterocycles. The van der Waals surface area contributed by atoms with Crippen molar-refractivity contribution in [3.8, 4) is 11.1 Å². The number of hydrogen-bond donors (Lipinski definition) is 3. The van der Waals surface area contributed by atoms with Crippen LogP contribution in [-0.2, 0) is 12.0 Å². The average molecular weight is 550 g/mol. The van der Waals surface area contributed by atoms with Gasteiger partial charge >= 0.3 is 6.03 Å². The zero-order valence-corrected chi connectivity index (χ0v) is 23.1. The van der Waals surface area contributed by atoms with Crippen LogP contribution >= 0.6 is 0 Å². The molecule has 13 heteroatoms. The van der Waals surface area contributed by atoms with E-state index < -0.39 is 11.7 Å². The van der Waals surface area contributed by atoms with E-state index in [4.69, 9.17) is 4.52 Å². The first-order valence-corrected chi connectivity index (χ1v) is 13.0. The Labute approximate surface area is 230 Å². The van der Waals surface area contributed by atoms with Gasteiger partial charge in [0.05, 0.1) is 5.39 Å². The first-order chi connectivity index (χ1) is 19.0. The number of halogens is 1. The molecule has 3 amide bonds. The number of anilines is 1. The van der Waals surface area contributed by atoms with Crippen molar-refractivity contribution in [3.63, 3.8) is 0 Å². The van der Waals surface area contributed by atoms with E-state index in [-0.39, 0.29) is 29.9 Å². The molecule has 40 heavy (non-hydrogen) atoms. The molecule has 1 saturated heterocycles. The maximum Gasteiger partial charge on any atom is 0.317 e. The third-order valence-corrected chi connectivity index (χ3v) is 6.74. The quantitative estimate of drug-likeness (QED) is 0.332. The molecule has 0 radical (unpaired) electrons. The number of nitrogens with zero attached hydrogens (tertiary/aromatic N) is 6. The molecule has 1 aliphatic rings. The number of H-pyrrole nitrogens is 1. The Kier molecular flexibility index (Phi) is 7.13. The first kappa shape index (κ1) is 27.0. The summed E-state index contributed by atoms with van der Waals surface area (Å²) in [5.41, 5.74) is 1.92. The van der Waals surface area contributed by atoms with E-state index in [1.807, 2.05) is 26.8 Å². The third kappa shape index (κ3) is 5.44. The van der Waals surface area contributed by atoms with Crippen molar-refractivity contribution < 1.29 is 18.5 Å². The first-order valence-electron chi connectivity index (χ1n) is 13.0. The van der Waals surface area contributed by atoms with E-state index in [9.17, 15) is 9.59 Å². The van der Waals surface area contributed by atoms with Crippen molar-refractivity contribution >= 4 is 28.8 Å². The van der Waals surface area contributed by atoms with Crippen LogP contribution in [0, 0.1) is 5.82 Å². The number of carbonyl (C=O) groups is 2. The van der Waals surface area contributed by atoms with Gasteiger partial charge < -0.3 is 25.0 Å². The van der Waals surface area contributed by atoms with Gasteiger partial charge in [0.1, 0.15) is 5.82 Å². The Morgan fingerprint density at radius 2 is 2.05 bits per heavy atom. The second-order valence-electron chi connectivity index (χ2n) is 11.1. The van der Waals surface area contributed by atoms with Crippen molar-refractivity contribution in [3.05, 3.63) is 53.6 Å². The van der Waals surface area contributed by atoms with Gasteiger partial charge in [-0.05, 0) is 29.7 Å². The Hall–Kier alpha value is -4.55. The number of urea groups is 1. The number of amides is 3. The number of hydrogen-bond acceptors (Lipinski definition) is 8. The van der Waals surface area contributed by atoms with Crippen molar-refractivity contribution in [2.24, 2.45) is 0 Å². The minimum absolute atomic E-state index is 0.0128. The molecule has 0 saturated carbocycles. The standard InChI is InChI=1S/C27H32FN9O3/c1-27(2,3)25-32-22(35-40-25)24(38)30-13-16-7-6-15(12-19(16)28)18-8-10-29-21-20(18)23(34-33-21)37-11-9-17(14-37)31-26(39)36(4)5/h6-8,10,12,17H,9,11,13-14H2,1-5H3,(H,30,38)(H,31,39)(H,29,33,34)/t17-/m1/s1. The van der Waals surface area contributed by atoms with E-state index in [0.717, 1.165) is 17.4 Å². The number of carbonyl (C=O) groups excluding carboxylic acids is 2. The van der Waals surface area contributed by atoms with Crippen LogP contribution in [0.1, 0.15) is 49.3 Å². The highest BCUT2D eigenvalue weighted by molar-refractivity contribution is 6.00. The third-order valence-electron chi connectivity index (χ3n) is 6.74. The lowest BCUT2D eigenvalue weighted by Gasteiger charge is -2.19. The van der Waals surface area contributed by atoms with Gasteiger partial charge in [-0.1, -0.05) is 38.1 Å². The number of rotatable bonds is 6. The highest BCUT2D eigenvalue weighted by Gasteiger charge is 2.28. The molecule has 0 aliphatic carbocycles. The van der Waals surface area contributed by atoms with Crippen molar-refractivity contribution in [1.82, 2.24) is 40.9 Å². The van der Waals surface area contributed by atoms with Gasteiger partial charge in [0.2, 0.25) is 5.89 Å². The van der Waals surface area contributed by atoms with E-state index in [1.54, 1.807) is 32.4 Å². The molecule has 0 unspecified atom stereocenters. The predicted molar refractivity (Wildman–Crippen MR) is 146 cm³/mol. The van der Waals surface area contributed by atoms with Crippen LogP contribution in [0.2, 0.25) is 0 Å². The number of aromatic nitrogens is 5. The number of fused-ring (bicyclic) bond motifs is 1. The molecule has 0 spiro atoms. The van der Waals surface area contributed by atoms with Gasteiger partial charge in [-0.2, -0.15) is 10.1 Å². The fourth-order valence-electron chi connectivity index (χ4n) is 4.51. The molecule has 1 atom stereocenters. The second kappa shape index (κ2) is 10.5. The van der Waals surface area contributed by atoms with E-state index >= 15 is 4.39 Å². The number of benzene rings is 1. The maximum absolute atomic E-state index is 15.2. The van der Waals surface area contributed by atoms with Crippen molar-refractivity contribution in [2.45, 2.75) is 45.2 Å². The van der Waals surface area contributed by atoms with Gasteiger partial charge in [0.15, 0.2) is 11.5 Å². The molecule has 3 N–H and O–H groups in total. The largest absolute Gasteiger partial charge is 0.352 e. The lowest BCUT2D eigenvalue weighted by Crippen LogP contribution is -2.42. The van der Waals surface area contributed by atoms with Gasteiger partial charge in [-0.3, -0.25) is 9.89 Å². The van der Waals surface area contributed by atoms with E-state index in [0.29, 0.717) is 41.6 Å². The van der Waals surface area contributed by atoms with E-state index in [1.165, 1.54) is 11.0 Å². The van der Waals surface area contributed by atoms with Gasteiger partial charge in [-0.25, -0.2) is 14.2 Å². The summed E-state index contributed by atoms with van der Waals surface area (Å²) >= 11 is 0. The van der Waals surface area contributed by atoms with Crippen molar-refractivity contribution in [1.29, 1.82) is 0 Å². The Morgan fingerprint density at radius 3 is 2.75 bits per heavy atom. The lowest BCUT2D eigenvalue weighted by atomic mass is 9.97. The molecule has 0 bridgehead atoms. The lowest BCUT2D eigenvalue weighted by molar-refractivity contribution is 0.0937. The van der Waals surface area contributed by atoms with Crippen LogP contribution in [0.25, 0.3) is 22.2 Å². The number of aromatic amines is 1. The van der Waals surface area contributed by atoms with E-state index in [2.05, 4.69) is 40.9 Å². The zero-order chi connectivity index (χ0) is 28.6. The zero-order valence-electron chi connectivity index (χ0n) is 23.1. The molecule has 210 valence electrons. The summed E-state index contributed by atoms with van der Waals surface area (Å²) < 4.78 is 20.4. The van der Waals surface area contributed by atoms with Crippen LogP contribution in [0.5, 0.6) is 0 Å². The van der Waals surface area contributed by atoms with Crippen LogP contribution in [0.3, 0.4) is 0 Å². The molecular weight excluding hydrogens is 517 g/mol. The Morgan fingerprint density at radius 1 is 1.25 bits per heavy atom. The monoisotopic (exact) mass is 549 g/mol. The van der Waals surface area contributed by atoms with Crippen LogP contribution in [0.4, 0.5) is 15.0 Å². The molecule has 1 fully saturated rings. The molecule has 1 aromatic carbocycles. The molecule has 4 aromatic rings. The number of pyridine rings is 1. The van der Waals surface area contributed by atoms with Gasteiger partial charge in [0, 0.05) is 56.9 Å². The number of nitrogens with one attached hydrogen (secondary N) is 3. The molecular formula is C27H32FN9O3. The molecule has 4 heterocycles. The summed E-state index contributed by atoms with van der Waals surface area (Å²) in [6.07, 6.45) is 2.42. The van der Waals surface area contributed by atoms with Gasteiger partial charge in [-0.15, -0.1) is 0 Å². The highest BCUT2D eigenvalue weighted by atomic mass is 19.1. The summed E-state index contributed by atoms with van der Waals surface area (Å²) in [5.74, 6) is -0.0697. The minimum atomic E-state index is -0.549. The average Bonchev–Trinajstić information content (AvgIpc) is 3.66. The summed E-state index contributed by atoms with van der Waals surface area (Å²) in [7, 11) is 3.41. The maximum atomic E-state index is 15.2. The normalized spacial score (nSPS) is 15.4. The summed E-state index contributed by atoms with van der Waals surface area (Å²) in [6, 6.07) is 6.54. The molecule has 1 aliphatic heterocycles.